The normalized spacial score (nSPS) is 27.9. The van der Waals surface area contributed by atoms with E-state index in [9.17, 15) is 9.59 Å². The Labute approximate surface area is 131 Å². The Balaban J connectivity index is 2.00. The monoisotopic (exact) mass is 306 g/mol. The third kappa shape index (κ3) is 3.90. The van der Waals surface area contributed by atoms with Crippen LogP contribution in [-0.2, 0) is 9.59 Å². The van der Waals surface area contributed by atoms with Crippen LogP contribution < -0.4 is 10.6 Å². The highest BCUT2D eigenvalue weighted by atomic mass is 16.4. The Morgan fingerprint density at radius 3 is 2.73 bits per heavy atom. The van der Waals surface area contributed by atoms with Gasteiger partial charge in [0.2, 0.25) is 5.91 Å². The first-order chi connectivity index (χ1) is 10.3. The van der Waals surface area contributed by atoms with Gasteiger partial charge in [0.05, 0.1) is 11.8 Å². The molecule has 1 amide bonds. The van der Waals surface area contributed by atoms with Crippen LogP contribution in [0, 0.1) is 11.3 Å². The number of rotatable bonds is 5. The molecule has 5 nitrogen and oxygen atoms in total. The zero-order chi connectivity index (χ0) is 16.3. The zero-order valence-electron chi connectivity index (χ0n) is 13.4. The molecule has 1 aliphatic heterocycles. The second kappa shape index (κ2) is 6.55. The highest BCUT2D eigenvalue weighted by Crippen LogP contribution is 2.32. The van der Waals surface area contributed by atoms with E-state index in [0.717, 1.165) is 31.4 Å². The fourth-order valence-electron chi connectivity index (χ4n) is 3.07. The predicted octanol–water partition coefficient (Wildman–Crippen LogP) is 2.20. The standard InChI is InChI=1S/C17H26N2O3/c1-4-17(2,3)16(22)19-12-7-5-11-6-8-13(10-15(20)21)18-14(11)9-12/h4,9,11-13,18H,1,5-8,10H2,2-3H3,(H,19,22)(H,20,21). The van der Waals surface area contributed by atoms with Crippen molar-refractivity contribution in [2.24, 2.45) is 11.3 Å². The van der Waals surface area contributed by atoms with Crippen molar-refractivity contribution in [2.45, 2.75) is 58.0 Å². The highest BCUT2D eigenvalue weighted by molar-refractivity contribution is 5.84. The van der Waals surface area contributed by atoms with Gasteiger partial charge in [0.25, 0.3) is 0 Å². The van der Waals surface area contributed by atoms with E-state index in [1.54, 1.807) is 6.08 Å². The van der Waals surface area contributed by atoms with Gasteiger partial charge in [-0.3, -0.25) is 9.59 Å². The molecule has 0 saturated carbocycles. The average molecular weight is 306 g/mol. The molecule has 22 heavy (non-hydrogen) atoms. The number of piperidine rings is 1. The molecule has 5 heteroatoms. The van der Waals surface area contributed by atoms with E-state index in [1.807, 2.05) is 13.8 Å². The topological polar surface area (TPSA) is 78.4 Å². The maximum atomic E-state index is 12.2. The molecular formula is C17H26N2O3. The Morgan fingerprint density at radius 2 is 2.09 bits per heavy atom. The van der Waals surface area contributed by atoms with E-state index < -0.39 is 11.4 Å². The van der Waals surface area contributed by atoms with Crippen LogP contribution >= 0.6 is 0 Å². The predicted molar refractivity (Wildman–Crippen MR) is 85.1 cm³/mol. The van der Waals surface area contributed by atoms with Crippen LogP contribution in [0.5, 0.6) is 0 Å². The lowest BCUT2D eigenvalue weighted by atomic mass is 9.81. The van der Waals surface area contributed by atoms with Crippen molar-refractivity contribution in [1.82, 2.24) is 10.6 Å². The number of fused-ring (bicyclic) bond motifs is 1. The van der Waals surface area contributed by atoms with Crippen LogP contribution in [0.15, 0.2) is 24.4 Å². The minimum atomic E-state index is -0.773. The number of carboxylic acids is 1. The number of allylic oxidation sites excluding steroid dienone is 1. The van der Waals surface area contributed by atoms with E-state index in [4.69, 9.17) is 5.11 Å². The van der Waals surface area contributed by atoms with Crippen molar-refractivity contribution in [3.05, 3.63) is 24.4 Å². The van der Waals surface area contributed by atoms with Crippen LogP contribution in [-0.4, -0.2) is 29.1 Å². The Bertz CT molecular complexity index is 496. The van der Waals surface area contributed by atoms with Crippen LogP contribution in [0.1, 0.15) is 46.0 Å². The van der Waals surface area contributed by atoms with Gasteiger partial charge >= 0.3 is 5.97 Å². The lowest BCUT2D eigenvalue weighted by Gasteiger charge is -2.37. The molecule has 0 aromatic rings. The summed E-state index contributed by atoms with van der Waals surface area (Å²) in [7, 11) is 0. The molecule has 0 aromatic heterocycles. The van der Waals surface area contributed by atoms with Gasteiger partial charge in [0.1, 0.15) is 0 Å². The van der Waals surface area contributed by atoms with E-state index in [2.05, 4.69) is 23.3 Å². The average Bonchev–Trinajstić information content (AvgIpc) is 2.46. The summed E-state index contributed by atoms with van der Waals surface area (Å²) in [6.45, 7) is 7.39. The third-order valence-electron chi connectivity index (χ3n) is 4.71. The number of aliphatic carboxylic acids is 1. The lowest BCUT2D eigenvalue weighted by Crippen LogP contribution is -2.46. The number of hydrogen-bond acceptors (Lipinski definition) is 3. The van der Waals surface area contributed by atoms with Crippen molar-refractivity contribution >= 4 is 11.9 Å². The lowest BCUT2D eigenvalue weighted by molar-refractivity contribution is -0.137. The van der Waals surface area contributed by atoms with E-state index in [0.29, 0.717) is 5.92 Å². The summed E-state index contributed by atoms with van der Waals surface area (Å²) in [4.78, 5) is 23.1. The number of amides is 1. The van der Waals surface area contributed by atoms with E-state index in [-0.39, 0.29) is 24.4 Å². The summed E-state index contributed by atoms with van der Waals surface area (Å²) in [5.74, 6) is -0.323. The van der Waals surface area contributed by atoms with Gasteiger partial charge in [0, 0.05) is 17.8 Å². The molecule has 3 unspecified atom stereocenters. The molecule has 0 aromatic carbocycles. The second-order valence-corrected chi connectivity index (χ2v) is 6.92. The van der Waals surface area contributed by atoms with Crippen molar-refractivity contribution in [3.63, 3.8) is 0 Å². The minimum Gasteiger partial charge on any atom is -0.481 e. The summed E-state index contributed by atoms with van der Waals surface area (Å²) in [6, 6.07) is 0.00752. The summed E-state index contributed by atoms with van der Waals surface area (Å²) in [5, 5.41) is 15.3. The molecule has 122 valence electrons. The van der Waals surface area contributed by atoms with Gasteiger partial charge < -0.3 is 15.7 Å². The fraction of sp³-hybridized carbons (Fsp3) is 0.647. The van der Waals surface area contributed by atoms with E-state index in [1.165, 1.54) is 0 Å². The van der Waals surface area contributed by atoms with Crippen LogP contribution in [0.3, 0.4) is 0 Å². The molecule has 1 saturated heterocycles. The van der Waals surface area contributed by atoms with Gasteiger partial charge in [-0.1, -0.05) is 6.08 Å². The Morgan fingerprint density at radius 1 is 1.41 bits per heavy atom. The fourth-order valence-corrected chi connectivity index (χ4v) is 3.07. The van der Waals surface area contributed by atoms with Gasteiger partial charge in [0.15, 0.2) is 0 Å². The van der Waals surface area contributed by atoms with Crippen molar-refractivity contribution in [3.8, 4) is 0 Å². The van der Waals surface area contributed by atoms with Crippen LogP contribution in [0.4, 0.5) is 0 Å². The highest BCUT2D eigenvalue weighted by Gasteiger charge is 2.32. The molecule has 1 heterocycles. The molecule has 1 fully saturated rings. The quantitative estimate of drug-likeness (QED) is 0.680. The first-order valence-corrected chi connectivity index (χ1v) is 7.96. The van der Waals surface area contributed by atoms with Crippen molar-refractivity contribution in [1.29, 1.82) is 0 Å². The Kier molecular flexibility index (Phi) is 4.94. The second-order valence-electron chi connectivity index (χ2n) is 6.92. The first kappa shape index (κ1) is 16.6. The largest absolute Gasteiger partial charge is 0.481 e. The molecule has 0 spiro atoms. The van der Waals surface area contributed by atoms with Crippen LogP contribution in [0.2, 0.25) is 0 Å². The third-order valence-corrected chi connectivity index (χ3v) is 4.71. The van der Waals surface area contributed by atoms with Gasteiger partial charge in [-0.15, -0.1) is 6.58 Å². The Hall–Kier alpha value is -1.78. The number of carbonyl (C=O) groups excluding carboxylic acids is 1. The van der Waals surface area contributed by atoms with Crippen LogP contribution in [0.25, 0.3) is 0 Å². The molecular weight excluding hydrogens is 280 g/mol. The zero-order valence-corrected chi connectivity index (χ0v) is 13.4. The molecule has 1 aliphatic carbocycles. The molecule has 2 rings (SSSR count). The molecule has 2 aliphatic rings. The van der Waals surface area contributed by atoms with Crippen molar-refractivity contribution in [2.75, 3.05) is 0 Å². The molecule has 3 N–H and O–H groups in total. The first-order valence-electron chi connectivity index (χ1n) is 7.96. The summed E-state index contributed by atoms with van der Waals surface area (Å²) < 4.78 is 0. The summed E-state index contributed by atoms with van der Waals surface area (Å²) in [6.07, 6.45) is 7.74. The number of carboxylic acid groups (broad SMARTS) is 1. The summed E-state index contributed by atoms with van der Waals surface area (Å²) >= 11 is 0. The maximum Gasteiger partial charge on any atom is 0.305 e. The number of hydrogen-bond donors (Lipinski definition) is 3. The maximum absolute atomic E-state index is 12.2. The number of nitrogens with one attached hydrogen (secondary N) is 2. The van der Waals surface area contributed by atoms with Gasteiger partial charge in [-0.2, -0.15) is 0 Å². The van der Waals surface area contributed by atoms with Gasteiger partial charge in [-0.05, 0) is 51.5 Å². The van der Waals surface area contributed by atoms with Gasteiger partial charge in [-0.25, -0.2) is 0 Å². The molecule has 0 radical (unpaired) electrons. The van der Waals surface area contributed by atoms with E-state index >= 15 is 0 Å². The van der Waals surface area contributed by atoms with Crippen molar-refractivity contribution < 1.29 is 14.7 Å². The smallest absolute Gasteiger partial charge is 0.305 e. The number of carbonyl (C=O) groups is 2. The molecule has 3 atom stereocenters. The molecule has 0 bridgehead atoms. The summed E-state index contributed by atoms with van der Waals surface area (Å²) in [5.41, 5.74) is 0.520. The minimum absolute atomic E-state index is 0.000863. The SMILES string of the molecule is C=CC(C)(C)C(=O)NC1C=C2NC(CC(=O)O)CCC2CC1.